The molecule has 0 unspecified atom stereocenters. The molecule has 33 heavy (non-hydrogen) atoms. The van der Waals surface area contributed by atoms with Gasteiger partial charge in [0.1, 0.15) is 17.0 Å². The number of carbonyl (C=O) groups excluding carboxylic acids is 2. The van der Waals surface area contributed by atoms with Crippen LogP contribution in [0.2, 0.25) is 0 Å². The number of imidazole rings is 1. The molecule has 4 rings (SSSR count). The fourth-order valence-corrected chi connectivity index (χ4v) is 3.49. The van der Waals surface area contributed by atoms with Gasteiger partial charge in [-0.25, -0.2) is 14.6 Å². The largest absolute Gasteiger partial charge is 0.453 e. The number of ether oxygens (including phenoxy) is 1. The Bertz CT molecular complexity index is 1500. The number of benzene rings is 1. The van der Waals surface area contributed by atoms with Gasteiger partial charge in [0.05, 0.1) is 6.54 Å². The molecule has 4 aromatic rings. The number of nitrogen functional groups attached to an aromatic ring is 1. The number of nitrogens with two attached hydrogens (primary N) is 1. The summed E-state index contributed by atoms with van der Waals surface area (Å²) < 4.78 is 8.75. The van der Waals surface area contributed by atoms with Crippen LogP contribution >= 0.6 is 0 Å². The fourth-order valence-electron chi connectivity index (χ4n) is 3.49. The smallest absolute Gasteiger partial charge is 0.359 e. The molecule has 0 aliphatic rings. The standard InChI is InChI=1S/C23H21N5O5/c1-14-7-6-10-18-25-16(12-27(14)18)22(31)33-13-17(29)19-20(24)28(23(32)26(2)21(19)30)11-15-8-4-3-5-9-15/h3-10,12H,11,13,24H2,1-2H3. The minimum Gasteiger partial charge on any atom is -0.453 e. The van der Waals surface area contributed by atoms with Crippen LogP contribution in [0.4, 0.5) is 5.82 Å². The quantitative estimate of drug-likeness (QED) is 0.347. The predicted molar refractivity (Wildman–Crippen MR) is 120 cm³/mol. The average Bonchev–Trinajstić information content (AvgIpc) is 3.26. The van der Waals surface area contributed by atoms with E-state index in [2.05, 4.69) is 4.98 Å². The zero-order valence-electron chi connectivity index (χ0n) is 18.0. The molecule has 10 nitrogen and oxygen atoms in total. The van der Waals surface area contributed by atoms with Crippen molar-refractivity contribution in [3.63, 3.8) is 0 Å². The van der Waals surface area contributed by atoms with Crippen LogP contribution in [0.15, 0.2) is 64.3 Å². The molecule has 0 atom stereocenters. The van der Waals surface area contributed by atoms with E-state index in [9.17, 15) is 19.2 Å². The van der Waals surface area contributed by atoms with Gasteiger partial charge in [0.25, 0.3) is 5.56 Å². The molecule has 0 amide bonds. The van der Waals surface area contributed by atoms with Gasteiger partial charge in [-0.15, -0.1) is 0 Å². The maximum absolute atomic E-state index is 12.8. The van der Waals surface area contributed by atoms with Gasteiger partial charge in [-0.1, -0.05) is 36.4 Å². The summed E-state index contributed by atoms with van der Waals surface area (Å²) >= 11 is 0. The van der Waals surface area contributed by atoms with E-state index in [4.69, 9.17) is 10.5 Å². The van der Waals surface area contributed by atoms with Gasteiger partial charge in [0.15, 0.2) is 12.3 Å². The van der Waals surface area contributed by atoms with Crippen LogP contribution < -0.4 is 17.0 Å². The summed E-state index contributed by atoms with van der Waals surface area (Å²) in [5.41, 5.74) is 6.34. The van der Waals surface area contributed by atoms with E-state index in [1.807, 2.05) is 19.1 Å². The van der Waals surface area contributed by atoms with E-state index in [1.165, 1.54) is 13.2 Å². The summed E-state index contributed by atoms with van der Waals surface area (Å²) in [6.45, 7) is 1.20. The molecule has 0 aliphatic carbocycles. The van der Waals surface area contributed by atoms with Gasteiger partial charge in [-0.05, 0) is 24.6 Å². The number of hydrogen-bond acceptors (Lipinski definition) is 7. The molecule has 0 radical (unpaired) electrons. The summed E-state index contributed by atoms with van der Waals surface area (Å²) in [6.07, 6.45) is 1.50. The second-order valence-corrected chi connectivity index (χ2v) is 7.50. The third kappa shape index (κ3) is 4.05. The molecule has 2 N–H and O–H groups in total. The van der Waals surface area contributed by atoms with E-state index >= 15 is 0 Å². The predicted octanol–water partition coefficient (Wildman–Crippen LogP) is 1.17. The zero-order chi connectivity index (χ0) is 23.7. The second kappa shape index (κ2) is 8.58. The van der Waals surface area contributed by atoms with Crippen molar-refractivity contribution in [2.24, 2.45) is 7.05 Å². The minimum absolute atomic E-state index is 0.0204. The lowest BCUT2D eigenvalue weighted by molar-refractivity contribution is 0.0469. The van der Waals surface area contributed by atoms with E-state index in [0.717, 1.165) is 20.4 Å². The van der Waals surface area contributed by atoms with Crippen molar-refractivity contribution < 1.29 is 14.3 Å². The Kier molecular flexibility index (Phi) is 5.65. The lowest BCUT2D eigenvalue weighted by Gasteiger charge is -2.14. The molecule has 0 bridgehead atoms. The van der Waals surface area contributed by atoms with E-state index in [1.54, 1.807) is 40.8 Å². The molecule has 0 fully saturated rings. The number of ketones is 1. The van der Waals surface area contributed by atoms with Crippen molar-refractivity contribution in [1.29, 1.82) is 0 Å². The lowest BCUT2D eigenvalue weighted by Crippen LogP contribution is -2.43. The lowest BCUT2D eigenvalue weighted by atomic mass is 10.2. The maximum Gasteiger partial charge on any atom is 0.359 e. The highest BCUT2D eigenvalue weighted by molar-refractivity contribution is 6.02. The highest BCUT2D eigenvalue weighted by Crippen LogP contribution is 2.12. The monoisotopic (exact) mass is 447 g/mol. The molecule has 0 saturated carbocycles. The first-order chi connectivity index (χ1) is 15.8. The number of hydrogen-bond donors (Lipinski definition) is 1. The molecule has 10 heteroatoms. The van der Waals surface area contributed by atoms with Crippen molar-refractivity contribution in [2.45, 2.75) is 13.5 Å². The molecule has 3 aromatic heterocycles. The highest BCUT2D eigenvalue weighted by Gasteiger charge is 2.23. The van der Waals surface area contributed by atoms with Gasteiger partial charge < -0.3 is 14.9 Å². The van der Waals surface area contributed by atoms with Crippen LogP contribution in [0, 0.1) is 6.92 Å². The normalized spacial score (nSPS) is 11.0. The number of aromatic nitrogens is 4. The van der Waals surface area contributed by atoms with Gasteiger partial charge in [0, 0.05) is 18.9 Å². The Labute approximate surface area is 187 Å². The second-order valence-electron chi connectivity index (χ2n) is 7.50. The number of pyridine rings is 1. The van der Waals surface area contributed by atoms with Gasteiger partial charge in [-0.3, -0.25) is 18.7 Å². The first-order valence-corrected chi connectivity index (χ1v) is 10.1. The van der Waals surface area contributed by atoms with E-state index < -0.39 is 35.2 Å². The third-order valence-electron chi connectivity index (χ3n) is 5.29. The Morgan fingerprint density at radius 1 is 1.06 bits per heavy atom. The van der Waals surface area contributed by atoms with Crippen molar-refractivity contribution in [3.05, 3.63) is 98.1 Å². The maximum atomic E-state index is 12.8. The van der Waals surface area contributed by atoms with Crippen molar-refractivity contribution in [1.82, 2.24) is 18.5 Å². The third-order valence-corrected chi connectivity index (χ3v) is 5.29. The number of nitrogens with zero attached hydrogens (tertiary/aromatic N) is 4. The molecule has 1 aromatic carbocycles. The topological polar surface area (TPSA) is 131 Å². The molecule has 0 aliphatic heterocycles. The van der Waals surface area contributed by atoms with Crippen LogP contribution in [-0.4, -0.2) is 36.9 Å². The first-order valence-electron chi connectivity index (χ1n) is 10.1. The van der Waals surface area contributed by atoms with Crippen LogP contribution in [0.3, 0.4) is 0 Å². The number of carbonyl (C=O) groups is 2. The minimum atomic E-state index is -0.855. The number of Topliss-reactive ketones (excluding diaryl/α,β-unsaturated/α-hetero) is 1. The van der Waals surface area contributed by atoms with Crippen molar-refractivity contribution in [2.75, 3.05) is 12.3 Å². The molecular weight excluding hydrogens is 426 g/mol. The number of rotatable bonds is 6. The number of anilines is 1. The summed E-state index contributed by atoms with van der Waals surface area (Å²) in [4.78, 5) is 54.6. The van der Waals surface area contributed by atoms with Crippen LogP contribution in [0.5, 0.6) is 0 Å². The van der Waals surface area contributed by atoms with Crippen molar-refractivity contribution in [3.8, 4) is 0 Å². The summed E-state index contributed by atoms with van der Waals surface area (Å²) in [7, 11) is 1.26. The fraction of sp³-hybridized carbons (Fsp3) is 0.174. The van der Waals surface area contributed by atoms with Crippen LogP contribution in [0.1, 0.15) is 32.1 Å². The van der Waals surface area contributed by atoms with Gasteiger partial charge in [-0.2, -0.15) is 0 Å². The van der Waals surface area contributed by atoms with Crippen LogP contribution in [0.25, 0.3) is 5.65 Å². The molecule has 0 spiro atoms. The molecular formula is C23H21N5O5. The first kappa shape index (κ1) is 21.8. The summed E-state index contributed by atoms with van der Waals surface area (Å²) in [6, 6.07) is 14.4. The number of fused-ring (bicyclic) bond motifs is 1. The van der Waals surface area contributed by atoms with Gasteiger partial charge >= 0.3 is 11.7 Å². The molecule has 168 valence electrons. The Morgan fingerprint density at radius 2 is 1.79 bits per heavy atom. The molecule has 0 saturated heterocycles. The van der Waals surface area contributed by atoms with Gasteiger partial charge in [0.2, 0.25) is 5.78 Å². The Balaban J connectivity index is 1.59. The number of esters is 1. The number of aryl methyl sites for hydroxylation is 1. The van der Waals surface area contributed by atoms with E-state index in [0.29, 0.717) is 5.65 Å². The Morgan fingerprint density at radius 3 is 2.48 bits per heavy atom. The Hall–Kier alpha value is -4.47. The summed E-state index contributed by atoms with van der Waals surface area (Å²) in [5.74, 6) is -1.92. The zero-order valence-corrected chi connectivity index (χ0v) is 18.0. The van der Waals surface area contributed by atoms with E-state index in [-0.39, 0.29) is 18.1 Å². The SMILES string of the molecule is Cc1cccc2nc(C(=O)OCC(=O)c3c(N)n(Cc4ccccc4)c(=O)n(C)c3=O)cn12. The van der Waals surface area contributed by atoms with Crippen LogP contribution in [-0.2, 0) is 18.3 Å². The summed E-state index contributed by atoms with van der Waals surface area (Å²) in [5, 5.41) is 0. The molecule has 3 heterocycles. The highest BCUT2D eigenvalue weighted by atomic mass is 16.5. The van der Waals surface area contributed by atoms with Crippen molar-refractivity contribution >= 4 is 23.2 Å². The average molecular weight is 447 g/mol.